The van der Waals surface area contributed by atoms with E-state index in [2.05, 4.69) is 29.3 Å². The van der Waals surface area contributed by atoms with E-state index in [1.165, 1.54) is 16.9 Å². The average molecular weight is 385 g/mol. The van der Waals surface area contributed by atoms with Crippen LogP contribution in [0.1, 0.15) is 54.1 Å². The number of para-hydroxylation sites is 1. The summed E-state index contributed by atoms with van der Waals surface area (Å²) in [5.74, 6) is -0.0130. The molecule has 0 unspecified atom stereocenters. The number of carbonyl (C=O) groups is 2. The zero-order valence-corrected chi connectivity index (χ0v) is 16.5. The number of esters is 1. The van der Waals surface area contributed by atoms with E-state index in [0.717, 1.165) is 30.5 Å². The maximum atomic E-state index is 12.8. The molecule has 1 saturated carbocycles. The Morgan fingerprint density at radius 3 is 2.81 bits per heavy atom. The van der Waals surface area contributed by atoms with Gasteiger partial charge in [0.05, 0.1) is 18.7 Å². The fraction of sp³-hybridized carbons (Fsp3) is 0.429. The van der Waals surface area contributed by atoms with Crippen molar-refractivity contribution in [2.45, 2.75) is 45.1 Å². The monoisotopic (exact) mass is 384 g/mol. The van der Waals surface area contributed by atoms with Gasteiger partial charge in [-0.25, -0.2) is 4.79 Å². The summed E-state index contributed by atoms with van der Waals surface area (Å²) in [5, 5.41) is 5.57. The predicted octanol–water partition coefficient (Wildman–Crippen LogP) is 4.19. The van der Waals surface area contributed by atoms with Crippen molar-refractivity contribution in [3.05, 3.63) is 46.3 Å². The van der Waals surface area contributed by atoms with Gasteiger partial charge in [0.25, 0.3) is 0 Å². The van der Waals surface area contributed by atoms with Crippen LogP contribution in [0.25, 0.3) is 0 Å². The van der Waals surface area contributed by atoms with Crippen molar-refractivity contribution in [1.29, 1.82) is 0 Å². The number of hydrogen-bond acceptors (Lipinski definition) is 5. The SMILES string of the molecule is CCOC(=O)c1c(C2CC2)csc1NC(=O)CN1c2ccccc2C[C@@H]1C. The molecular formula is C21H24N2O3S. The number of anilines is 2. The van der Waals surface area contributed by atoms with Gasteiger partial charge in [-0.15, -0.1) is 11.3 Å². The van der Waals surface area contributed by atoms with Crippen LogP contribution in [0.3, 0.4) is 0 Å². The second-order valence-corrected chi connectivity index (χ2v) is 8.13. The van der Waals surface area contributed by atoms with Crippen molar-refractivity contribution in [1.82, 2.24) is 0 Å². The van der Waals surface area contributed by atoms with Gasteiger partial charge >= 0.3 is 5.97 Å². The number of nitrogens with zero attached hydrogens (tertiary/aromatic N) is 1. The van der Waals surface area contributed by atoms with Gasteiger partial charge in [-0.2, -0.15) is 0 Å². The van der Waals surface area contributed by atoms with Crippen LogP contribution in [0.5, 0.6) is 0 Å². The molecule has 2 heterocycles. The highest BCUT2D eigenvalue weighted by atomic mass is 32.1. The molecule has 1 aromatic heterocycles. The van der Waals surface area contributed by atoms with Crippen LogP contribution < -0.4 is 10.2 Å². The average Bonchev–Trinajstić information content (AvgIpc) is 3.33. The Labute approximate surface area is 163 Å². The van der Waals surface area contributed by atoms with Crippen LogP contribution in [0, 0.1) is 0 Å². The van der Waals surface area contributed by atoms with Crippen molar-refractivity contribution < 1.29 is 14.3 Å². The van der Waals surface area contributed by atoms with Crippen molar-refractivity contribution in [3.8, 4) is 0 Å². The molecule has 0 radical (unpaired) electrons. The summed E-state index contributed by atoms with van der Waals surface area (Å²) in [6, 6.07) is 8.49. The lowest BCUT2D eigenvalue weighted by Crippen LogP contribution is -2.37. The number of amides is 1. The topological polar surface area (TPSA) is 58.6 Å². The summed E-state index contributed by atoms with van der Waals surface area (Å²) in [7, 11) is 0. The number of ether oxygens (including phenoxy) is 1. The summed E-state index contributed by atoms with van der Waals surface area (Å²) < 4.78 is 5.23. The fourth-order valence-corrected chi connectivity index (χ4v) is 4.81. The highest BCUT2D eigenvalue weighted by Crippen LogP contribution is 2.46. The molecule has 0 spiro atoms. The van der Waals surface area contributed by atoms with Gasteiger partial charge in [0.2, 0.25) is 5.91 Å². The van der Waals surface area contributed by atoms with E-state index in [9.17, 15) is 9.59 Å². The third kappa shape index (κ3) is 3.58. The largest absolute Gasteiger partial charge is 0.462 e. The first kappa shape index (κ1) is 18.0. The standard InChI is InChI=1S/C21H24N2O3S/c1-3-26-21(25)19-16(14-8-9-14)12-27-20(19)22-18(24)11-23-13(2)10-15-6-4-5-7-17(15)23/h4-7,12-14H,3,8-11H2,1-2H3,(H,22,24)/t13-/m0/s1. The number of rotatable bonds is 6. The lowest BCUT2D eigenvalue weighted by Gasteiger charge is -2.24. The van der Waals surface area contributed by atoms with Gasteiger partial charge < -0.3 is 15.0 Å². The number of thiophene rings is 1. The van der Waals surface area contributed by atoms with E-state index >= 15 is 0 Å². The summed E-state index contributed by atoms with van der Waals surface area (Å²) in [4.78, 5) is 27.3. The van der Waals surface area contributed by atoms with Gasteiger partial charge in [-0.05, 0) is 61.6 Å². The third-order valence-electron chi connectivity index (χ3n) is 5.23. The smallest absolute Gasteiger partial charge is 0.341 e. The first-order chi connectivity index (χ1) is 13.1. The Hall–Kier alpha value is -2.34. The van der Waals surface area contributed by atoms with Gasteiger partial charge in [0.1, 0.15) is 5.00 Å². The van der Waals surface area contributed by atoms with Gasteiger partial charge in [0, 0.05) is 11.7 Å². The first-order valence-electron chi connectivity index (χ1n) is 9.51. The minimum absolute atomic E-state index is 0.103. The quantitative estimate of drug-likeness (QED) is 0.759. The Kier molecular flexibility index (Phi) is 4.91. The highest BCUT2D eigenvalue weighted by Gasteiger charge is 2.33. The predicted molar refractivity (Wildman–Crippen MR) is 108 cm³/mol. The molecule has 1 aliphatic heterocycles. The molecule has 1 amide bonds. The number of fused-ring (bicyclic) bond motifs is 1. The fourth-order valence-electron chi connectivity index (χ4n) is 3.76. The van der Waals surface area contributed by atoms with Crippen LogP contribution in [-0.4, -0.2) is 31.1 Å². The molecule has 0 saturated heterocycles. The number of nitrogens with one attached hydrogen (secondary N) is 1. The van der Waals surface area contributed by atoms with Crippen LogP contribution in [-0.2, 0) is 16.0 Å². The Morgan fingerprint density at radius 1 is 1.30 bits per heavy atom. The van der Waals surface area contributed by atoms with Crippen LogP contribution in [0.4, 0.5) is 10.7 Å². The molecule has 1 fully saturated rings. The zero-order chi connectivity index (χ0) is 19.0. The van der Waals surface area contributed by atoms with Crippen LogP contribution >= 0.6 is 11.3 Å². The number of benzene rings is 1. The Bertz CT molecular complexity index is 872. The van der Waals surface area contributed by atoms with E-state index in [4.69, 9.17) is 4.74 Å². The second kappa shape index (κ2) is 7.35. The number of carbonyl (C=O) groups excluding carboxylic acids is 2. The van der Waals surface area contributed by atoms with Gasteiger partial charge in [-0.1, -0.05) is 18.2 Å². The molecule has 1 aliphatic carbocycles. The van der Waals surface area contributed by atoms with Crippen molar-refractivity contribution in [3.63, 3.8) is 0 Å². The molecular weight excluding hydrogens is 360 g/mol. The molecule has 6 heteroatoms. The minimum Gasteiger partial charge on any atom is -0.462 e. The molecule has 27 heavy (non-hydrogen) atoms. The molecule has 2 aromatic rings. The van der Waals surface area contributed by atoms with E-state index in [1.807, 2.05) is 17.5 Å². The third-order valence-corrected chi connectivity index (χ3v) is 6.15. The summed E-state index contributed by atoms with van der Waals surface area (Å²) in [6.45, 7) is 4.53. The molecule has 1 N–H and O–H groups in total. The first-order valence-corrected chi connectivity index (χ1v) is 10.4. The maximum absolute atomic E-state index is 12.8. The van der Waals surface area contributed by atoms with Gasteiger partial charge in [0.15, 0.2) is 0 Å². The lowest BCUT2D eigenvalue weighted by atomic mass is 10.1. The molecule has 2 aliphatic rings. The number of hydrogen-bond donors (Lipinski definition) is 1. The zero-order valence-electron chi connectivity index (χ0n) is 15.7. The van der Waals surface area contributed by atoms with Crippen molar-refractivity contribution in [2.24, 2.45) is 0 Å². The maximum Gasteiger partial charge on any atom is 0.341 e. The summed E-state index contributed by atoms with van der Waals surface area (Å²) in [6.07, 6.45) is 3.14. The lowest BCUT2D eigenvalue weighted by molar-refractivity contribution is -0.115. The van der Waals surface area contributed by atoms with E-state index in [-0.39, 0.29) is 24.5 Å². The molecule has 4 rings (SSSR count). The Balaban J connectivity index is 1.51. The molecule has 1 atom stereocenters. The van der Waals surface area contributed by atoms with Crippen molar-refractivity contribution >= 4 is 33.9 Å². The Morgan fingerprint density at radius 2 is 2.07 bits per heavy atom. The molecule has 0 bridgehead atoms. The second-order valence-electron chi connectivity index (χ2n) is 7.25. The van der Waals surface area contributed by atoms with E-state index < -0.39 is 0 Å². The van der Waals surface area contributed by atoms with E-state index in [1.54, 1.807) is 6.92 Å². The van der Waals surface area contributed by atoms with Crippen LogP contribution in [0.2, 0.25) is 0 Å². The molecule has 5 nitrogen and oxygen atoms in total. The summed E-state index contributed by atoms with van der Waals surface area (Å²) in [5.41, 5.74) is 3.97. The summed E-state index contributed by atoms with van der Waals surface area (Å²) >= 11 is 1.42. The van der Waals surface area contributed by atoms with Crippen LogP contribution in [0.15, 0.2) is 29.6 Å². The van der Waals surface area contributed by atoms with Gasteiger partial charge in [-0.3, -0.25) is 4.79 Å². The van der Waals surface area contributed by atoms with E-state index in [0.29, 0.717) is 23.1 Å². The highest BCUT2D eigenvalue weighted by molar-refractivity contribution is 7.15. The normalized spacial score (nSPS) is 18.3. The van der Waals surface area contributed by atoms with Crippen molar-refractivity contribution in [2.75, 3.05) is 23.4 Å². The minimum atomic E-state index is -0.337. The molecule has 142 valence electrons. The molecule has 1 aromatic carbocycles.